The second-order valence-electron chi connectivity index (χ2n) is 6.24. The summed E-state index contributed by atoms with van der Waals surface area (Å²) in [5.41, 5.74) is 0.619. The summed E-state index contributed by atoms with van der Waals surface area (Å²) >= 11 is 1.98. The average Bonchev–Trinajstić information content (AvgIpc) is 3.06. The first-order valence-corrected chi connectivity index (χ1v) is 9.45. The second kappa shape index (κ2) is 7.41. The van der Waals surface area contributed by atoms with Gasteiger partial charge in [-0.25, -0.2) is 4.79 Å². The molecule has 4 nitrogen and oxygen atoms in total. The van der Waals surface area contributed by atoms with Gasteiger partial charge in [-0.3, -0.25) is 0 Å². The standard InChI is InChI=1S/C18H23NO3S/c1-21-16-5-4-14(18(19-13-20)8-2-3-9-18)12-17(16)22-15-6-10-23-11-7-15/h4-5,12,15H,2-3,6-11H2,1H3. The molecule has 1 aromatic carbocycles. The number of hydrogen-bond donors (Lipinski definition) is 0. The molecule has 2 fully saturated rings. The molecule has 0 spiro atoms. The molecule has 1 aliphatic carbocycles. The number of benzene rings is 1. The van der Waals surface area contributed by atoms with E-state index in [1.54, 1.807) is 13.2 Å². The maximum absolute atomic E-state index is 10.9. The minimum atomic E-state index is -0.422. The maximum Gasteiger partial charge on any atom is 0.235 e. The topological polar surface area (TPSA) is 47.9 Å². The Morgan fingerprint density at radius 2 is 1.96 bits per heavy atom. The van der Waals surface area contributed by atoms with Crippen LogP contribution in [0.3, 0.4) is 0 Å². The van der Waals surface area contributed by atoms with Crippen molar-refractivity contribution in [2.24, 2.45) is 4.99 Å². The maximum atomic E-state index is 10.9. The van der Waals surface area contributed by atoms with Gasteiger partial charge < -0.3 is 9.47 Å². The molecule has 5 heteroatoms. The summed E-state index contributed by atoms with van der Waals surface area (Å²) in [6.45, 7) is 0. The fourth-order valence-corrected chi connectivity index (χ4v) is 4.61. The van der Waals surface area contributed by atoms with Crippen LogP contribution in [0.15, 0.2) is 23.2 Å². The predicted molar refractivity (Wildman–Crippen MR) is 92.2 cm³/mol. The highest BCUT2D eigenvalue weighted by atomic mass is 32.2. The van der Waals surface area contributed by atoms with Crippen molar-refractivity contribution < 1.29 is 14.3 Å². The number of isocyanates is 1. The molecule has 3 rings (SSSR count). The van der Waals surface area contributed by atoms with Crippen molar-refractivity contribution >= 4 is 17.8 Å². The summed E-state index contributed by atoms with van der Waals surface area (Å²) in [5, 5.41) is 0. The van der Waals surface area contributed by atoms with Crippen molar-refractivity contribution in [3.63, 3.8) is 0 Å². The summed E-state index contributed by atoms with van der Waals surface area (Å²) in [6.07, 6.45) is 8.13. The van der Waals surface area contributed by atoms with E-state index in [9.17, 15) is 4.79 Å². The van der Waals surface area contributed by atoms with Gasteiger partial charge in [0.1, 0.15) is 6.10 Å². The zero-order chi connectivity index (χ0) is 16.1. The Kier molecular flexibility index (Phi) is 5.29. The van der Waals surface area contributed by atoms with E-state index in [2.05, 4.69) is 4.99 Å². The van der Waals surface area contributed by atoms with Crippen LogP contribution in [0.4, 0.5) is 0 Å². The SMILES string of the molecule is COc1ccc(C2(N=C=O)CCCC2)cc1OC1CCSCC1. The summed E-state index contributed by atoms with van der Waals surface area (Å²) in [7, 11) is 1.66. The molecule has 1 aromatic rings. The normalized spacial score (nSPS) is 20.7. The van der Waals surface area contributed by atoms with Gasteiger partial charge >= 0.3 is 0 Å². The number of aliphatic imine (C=N–C) groups is 1. The van der Waals surface area contributed by atoms with Crippen LogP contribution < -0.4 is 9.47 Å². The molecule has 23 heavy (non-hydrogen) atoms. The monoisotopic (exact) mass is 333 g/mol. The van der Waals surface area contributed by atoms with E-state index in [4.69, 9.17) is 9.47 Å². The van der Waals surface area contributed by atoms with E-state index in [0.717, 1.165) is 67.1 Å². The van der Waals surface area contributed by atoms with E-state index in [1.807, 2.05) is 30.0 Å². The van der Waals surface area contributed by atoms with Gasteiger partial charge in [0, 0.05) is 0 Å². The molecule has 2 aliphatic rings. The van der Waals surface area contributed by atoms with Crippen LogP contribution >= 0.6 is 11.8 Å². The van der Waals surface area contributed by atoms with Crippen molar-refractivity contribution in [1.82, 2.24) is 0 Å². The number of ether oxygens (including phenoxy) is 2. The first-order valence-electron chi connectivity index (χ1n) is 8.29. The van der Waals surface area contributed by atoms with Crippen LogP contribution in [0.5, 0.6) is 11.5 Å². The van der Waals surface area contributed by atoms with Crippen molar-refractivity contribution in [2.75, 3.05) is 18.6 Å². The van der Waals surface area contributed by atoms with Crippen molar-refractivity contribution in [3.8, 4) is 11.5 Å². The van der Waals surface area contributed by atoms with Gasteiger partial charge in [0.2, 0.25) is 6.08 Å². The number of methoxy groups -OCH3 is 1. The van der Waals surface area contributed by atoms with Gasteiger partial charge in [0.25, 0.3) is 0 Å². The Labute approximate surface area is 141 Å². The Morgan fingerprint density at radius 1 is 1.22 bits per heavy atom. The average molecular weight is 333 g/mol. The number of hydrogen-bond acceptors (Lipinski definition) is 5. The quantitative estimate of drug-likeness (QED) is 0.602. The van der Waals surface area contributed by atoms with Crippen molar-refractivity contribution in [1.29, 1.82) is 0 Å². The molecule has 1 saturated carbocycles. The largest absolute Gasteiger partial charge is 0.493 e. The van der Waals surface area contributed by atoms with Crippen LogP contribution in [0.1, 0.15) is 44.1 Å². The van der Waals surface area contributed by atoms with Crippen LogP contribution in [-0.4, -0.2) is 30.8 Å². The molecule has 0 aromatic heterocycles. The smallest absolute Gasteiger partial charge is 0.235 e. The van der Waals surface area contributed by atoms with E-state index in [1.165, 1.54) is 0 Å². The highest BCUT2D eigenvalue weighted by molar-refractivity contribution is 7.99. The number of nitrogens with zero attached hydrogens (tertiary/aromatic N) is 1. The lowest BCUT2D eigenvalue weighted by Gasteiger charge is -2.27. The Morgan fingerprint density at radius 3 is 2.61 bits per heavy atom. The van der Waals surface area contributed by atoms with Crippen molar-refractivity contribution in [3.05, 3.63) is 23.8 Å². The second-order valence-corrected chi connectivity index (χ2v) is 7.46. The lowest BCUT2D eigenvalue weighted by molar-refractivity contribution is 0.184. The molecule has 0 amide bonds. The molecule has 0 N–H and O–H groups in total. The summed E-state index contributed by atoms with van der Waals surface area (Å²) in [5.74, 6) is 3.81. The van der Waals surface area contributed by atoms with Gasteiger partial charge in [0.05, 0.1) is 12.6 Å². The van der Waals surface area contributed by atoms with Gasteiger partial charge in [0.15, 0.2) is 11.5 Å². The van der Waals surface area contributed by atoms with E-state index < -0.39 is 5.54 Å². The Hall–Kier alpha value is -1.45. The summed E-state index contributed by atoms with van der Waals surface area (Å²) in [6, 6.07) is 5.96. The molecule has 1 heterocycles. The highest BCUT2D eigenvalue weighted by Crippen LogP contribution is 2.44. The Bertz CT molecular complexity index is 586. The molecule has 0 radical (unpaired) electrons. The van der Waals surface area contributed by atoms with E-state index >= 15 is 0 Å². The Balaban J connectivity index is 1.90. The number of carbonyl (C=O) groups excluding carboxylic acids is 1. The van der Waals surface area contributed by atoms with Crippen LogP contribution in [-0.2, 0) is 10.3 Å². The fraction of sp³-hybridized carbons (Fsp3) is 0.611. The number of rotatable bonds is 5. The first kappa shape index (κ1) is 16.4. The fourth-order valence-electron chi connectivity index (χ4n) is 3.54. The third-order valence-corrected chi connectivity index (χ3v) is 5.90. The molecule has 0 bridgehead atoms. The van der Waals surface area contributed by atoms with Crippen LogP contribution in [0.25, 0.3) is 0 Å². The molecule has 124 valence electrons. The lowest BCUT2D eigenvalue weighted by atomic mass is 9.88. The minimum Gasteiger partial charge on any atom is -0.493 e. The van der Waals surface area contributed by atoms with Gasteiger partial charge in [-0.05, 0) is 54.9 Å². The zero-order valence-corrected chi connectivity index (χ0v) is 14.4. The van der Waals surface area contributed by atoms with Crippen molar-refractivity contribution in [2.45, 2.75) is 50.2 Å². The van der Waals surface area contributed by atoms with Crippen LogP contribution in [0.2, 0.25) is 0 Å². The summed E-state index contributed by atoms with van der Waals surface area (Å²) < 4.78 is 11.7. The van der Waals surface area contributed by atoms with Gasteiger partial charge in [-0.2, -0.15) is 16.8 Å². The highest BCUT2D eigenvalue weighted by Gasteiger charge is 2.36. The predicted octanol–water partition coefficient (Wildman–Crippen LogP) is 4.07. The molecule has 0 atom stereocenters. The third kappa shape index (κ3) is 3.56. The van der Waals surface area contributed by atoms with E-state index in [0.29, 0.717) is 0 Å². The minimum absolute atomic E-state index is 0.245. The zero-order valence-electron chi connectivity index (χ0n) is 13.5. The van der Waals surface area contributed by atoms with Gasteiger partial charge in [-0.15, -0.1) is 0 Å². The molecular weight excluding hydrogens is 310 g/mol. The third-order valence-electron chi connectivity index (χ3n) is 4.85. The van der Waals surface area contributed by atoms with Gasteiger partial charge in [-0.1, -0.05) is 18.9 Å². The molecule has 0 unspecified atom stereocenters. The number of thioether (sulfide) groups is 1. The molecule has 1 saturated heterocycles. The van der Waals surface area contributed by atoms with E-state index in [-0.39, 0.29) is 6.10 Å². The lowest BCUT2D eigenvalue weighted by Crippen LogP contribution is -2.23. The van der Waals surface area contributed by atoms with Crippen LogP contribution in [0, 0.1) is 0 Å². The molecular formula is C18H23NO3S. The summed E-state index contributed by atoms with van der Waals surface area (Å²) in [4.78, 5) is 15.1. The molecule has 1 aliphatic heterocycles. The first-order chi connectivity index (χ1) is 11.3.